The summed E-state index contributed by atoms with van der Waals surface area (Å²) in [6, 6.07) is 8.46. The normalized spacial score (nSPS) is 16.6. The second-order valence-electron chi connectivity index (χ2n) is 5.77. The minimum absolute atomic E-state index is 0.392. The summed E-state index contributed by atoms with van der Waals surface area (Å²) in [5.41, 5.74) is 4.56. The number of imidazole rings is 1. The molecule has 0 aliphatic heterocycles. The van der Waals surface area contributed by atoms with Crippen molar-refractivity contribution in [3.8, 4) is 11.3 Å². The lowest BCUT2D eigenvalue weighted by atomic mass is 9.88. The SMILES string of the molecule is Cc1ccc(-c2nc(C3CCC(=O)CC3)[nH]c2C)cc1. The summed E-state index contributed by atoms with van der Waals surface area (Å²) in [7, 11) is 0. The molecule has 1 saturated carbocycles. The number of aromatic nitrogens is 2. The van der Waals surface area contributed by atoms with Gasteiger partial charge in [0.05, 0.1) is 5.69 Å². The predicted octanol–water partition coefficient (Wildman–Crippen LogP) is 3.92. The Labute approximate surface area is 119 Å². The Morgan fingerprint density at radius 2 is 1.75 bits per heavy atom. The fourth-order valence-corrected chi connectivity index (χ4v) is 2.88. The third kappa shape index (κ3) is 2.53. The largest absolute Gasteiger partial charge is 0.345 e. The molecular formula is C17H20N2O. The lowest BCUT2D eigenvalue weighted by Gasteiger charge is -2.18. The van der Waals surface area contributed by atoms with E-state index in [2.05, 4.69) is 43.1 Å². The van der Waals surface area contributed by atoms with E-state index in [1.54, 1.807) is 0 Å². The second-order valence-corrected chi connectivity index (χ2v) is 5.77. The fourth-order valence-electron chi connectivity index (χ4n) is 2.88. The van der Waals surface area contributed by atoms with Crippen molar-refractivity contribution in [2.45, 2.75) is 45.4 Å². The van der Waals surface area contributed by atoms with Gasteiger partial charge in [-0.15, -0.1) is 0 Å². The molecule has 104 valence electrons. The Morgan fingerprint density at radius 3 is 2.40 bits per heavy atom. The zero-order chi connectivity index (χ0) is 14.1. The molecule has 0 amide bonds. The van der Waals surface area contributed by atoms with E-state index in [0.717, 1.165) is 35.6 Å². The zero-order valence-corrected chi connectivity index (χ0v) is 12.1. The summed E-state index contributed by atoms with van der Waals surface area (Å²) in [6.45, 7) is 4.16. The van der Waals surface area contributed by atoms with Gasteiger partial charge in [0.25, 0.3) is 0 Å². The number of benzene rings is 1. The van der Waals surface area contributed by atoms with Crippen LogP contribution in [0.3, 0.4) is 0 Å². The Balaban J connectivity index is 1.87. The maximum absolute atomic E-state index is 11.3. The molecule has 1 aliphatic carbocycles. The quantitative estimate of drug-likeness (QED) is 0.897. The van der Waals surface area contributed by atoms with Gasteiger partial charge in [-0.05, 0) is 26.7 Å². The van der Waals surface area contributed by atoms with Crippen molar-refractivity contribution in [2.75, 3.05) is 0 Å². The fraction of sp³-hybridized carbons (Fsp3) is 0.412. The van der Waals surface area contributed by atoms with Crippen LogP contribution in [0.1, 0.15) is 48.7 Å². The highest BCUT2D eigenvalue weighted by molar-refractivity contribution is 5.79. The highest BCUT2D eigenvalue weighted by Crippen LogP contribution is 2.32. The average Bonchev–Trinajstić information content (AvgIpc) is 2.82. The van der Waals surface area contributed by atoms with Crippen LogP contribution in [-0.4, -0.2) is 15.8 Å². The molecule has 0 spiro atoms. The van der Waals surface area contributed by atoms with E-state index >= 15 is 0 Å². The van der Waals surface area contributed by atoms with E-state index in [1.807, 2.05) is 0 Å². The monoisotopic (exact) mass is 268 g/mol. The molecule has 1 N–H and O–H groups in total. The number of aryl methyl sites for hydroxylation is 2. The molecule has 1 aromatic carbocycles. The van der Waals surface area contributed by atoms with Gasteiger partial charge < -0.3 is 4.98 Å². The molecule has 0 saturated heterocycles. The first-order chi connectivity index (χ1) is 9.63. The first kappa shape index (κ1) is 13.1. The number of nitrogens with zero attached hydrogens (tertiary/aromatic N) is 1. The number of Topliss-reactive ketones (excluding diaryl/α,β-unsaturated/α-hetero) is 1. The highest BCUT2D eigenvalue weighted by Gasteiger charge is 2.23. The van der Waals surface area contributed by atoms with E-state index < -0.39 is 0 Å². The minimum Gasteiger partial charge on any atom is -0.345 e. The standard InChI is InChI=1S/C17H20N2O/c1-11-3-5-13(6-4-11)16-12(2)18-17(19-16)14-7-9-15(20)10-8-14/h3-6,14H,7-10H2,1-2H3,(H,18,19). The van der Waals surface area contributed by atoms with Crippen LogP contribution >= 0.6 is 0 Å². The first-order valence-electron chi connectivity index (χ1n) is 7.28. The van der Waals surface area contributed by atoms with E-state index in [9.17, 15) is 4.79 Å². The van der Waals surface area contributed by atoms with Gasteiger partial charge in [0.1, 0.15) is 11.6 Å². The maximum Gasteiger partial charge on any atom is 0.132 e. The van der Waals surface area contributed by atoms with Crippen molar-refractivity contribution < 1.29 is 4.79 Å². The van der Waals surface area contributed by atoms with Crippen LogP contribution in [-0.2, 0) is 4.79 Å². The third-order valence-electron chi connectivity index (χ3n) is 4.16. The van der Waals surface area contributed by atoms with Crippen LogP contribution in [0.15, 0.2) is 24.3 Å². The van der Waals surface area contributed by atoms with Crippen LogP contribution in [0.4, 0.5) is 0 Å². The number of aromatic amines is 1. The number of ketones is 1. The van der Waals surface area contributed by atoms with Crippen LogP contribution in [0.5, 0.6) is 0 Å². The van der Waals surface area contributed by atoms with Crippen LogP contribution < -0.4 is 0 Å². The molecule has 20 heavy (non-hydrogen) atoms. The molecule has 3 nitrogen and oxygen atoms in total. The van der Waals surface area contributed by atoms with Gasteiger partial charge in [-0.2, -0.15) is 0 Å². The highest BCUT2D eigenvalue weighted by atomic mass is 16.1. The van der Waals surface area contributed by atoms with E-state index in [1.165, 1.54) is 5.56 Å². The summed E-state index contributed by atoms with van der Waals surface area (Å²) >= 11 is 0. The number of rotatable bonds is 2. The Hall–Kier alpha value is -1.90. The van der Waals surface area contributed by atoms with E-state index in [4.69, 9.17) is 4.98 Å². The molecule has 0 bridgehead atoms. The predicted molar refractivity (Wildman–Crippen MR) is 79.7 cm³/mol. The Kier molecular flexibility index (Phi) is 3.43. The number of hydrogen-bond donors (Lipinski definition) is 1. The van der Waals surface area contributed by atoms with Gasteiger partial charge in [-0.3, -0.25) is 4.79 Å². The van der Waals surface area contributed by atoms with E-state index in [-0.39, 0.29) is 0 Å². The molecule has 0 atom stereocenters. The molecule has 3 rings (SSSR count). The number of carbonyl (C=O) groups is 1. The van der Waals surface area contributed by atoms with Gasteiger partial charge in [-0.25, -0.2) is 4.98 Å². The molecular weight excluding hydrogens is 248 g/mol. The minimum atomic E-state index is 0.392. The zero-order valence-electron chi connectivity index (χ0n) is 12.1. The smallest absolute Gasteiger partial charge is 0.132 e. The lowest BCUT2D eigenvalue weighted by molar-refractivity contribution is -0.120. The first-order valence-corrected chi connectivity index (χ1v) is 7.28. The average molecular weight is 268 g/mol. The third-order valence-corrected chi connectivity index (χ3v) is 4.16. The molecule has 3 heteroatoms. The van der Waals surface area contributed by atoms with Crippen LogP contribution in [0.25, 0.3) is 11.3 Å². The summed E-state index contributed by atoms with van der Waals surface area (Å²) in [5, 5.41) is 0. The number of hydrogen-bond acceptors (Lipinski definition) is 2. The number of nitrogens with one attached hydrogen (secondary N) is 1. The molecule has 0 unspecified atom stereocenters. The second kappa shape index (κ2) is 5.23. The molecule has 1 fully saturated rings. The Bertz CT molecular complexity index is 615. The van der Waals surface area contributed by atoms with Crippen molar-refractivity contribution in [2.24, 2.45) is 0 Å². The van der Waals surface area contributed by atoms with Crippen LogP contribution in [0, 0.1) is 13.8 Å². The van der Waals surface area contributed by atoms with Gasteiger partial charge in [0.2, 0.25) is 0 Å². The molecule has 1 aliphatic rings. The van der Waals surface area contributed by atoms with Crippen LogP contribution in [0.2, 0.25) is 0 Å². The molecule has 1 aromatic heterocycles. The summed E-state index contributed by atoms with van der Waals surface area (Å²) in [6.07, 6.45) is 3.26. The summed E-state index contributed by atoms with van der Waals surface area (Å²) in [4.78, 5) is 19.5. The Morgan fingerprint density at radius 1 is 1.10 bits per heavy atom. The van der Waals surface area contributed by atoms with Gasteiger partial charge in [0, 0.05) is 30.0 Å². The molecule has 2 aromatic rings. The topological polar surface area (TPSA) is 45.8 Å². The van der Waals surface area contributed by atoms with Crippen molar-refractivity contribution in [1.29, 1.82) is 0 Å². The van der Waals surface area contributed by atoms with Gasteiger partial charge in [0.15, 0.2) is 0 Å². The van der Waals surface area contributed by atoms with E-state index in [0.29, 0.717) is 24.5 Å². The van der Waals surface area contributed by atoms with Crippen molar-refractivity contribution in [1.82, 2.24) is 9.97 Å². The van der Waals surface area contributed by atoms with Gasteiger partial charge >= 0.3 is 0 Å². The van der Waals surface area contributed by atoms with Crippen molar-refractivity contribution in [3.05, 3.63) is 41.3 Å². The molecule has 0 radical (unpaired) electrons. The van der Waals surface area contributed by atoms with Crippen molar-refractivity contribution in [3.63, 3.8) is 0 Å². The van der Waals surface area contributed by atoms with Gasteiger partial charge in [-0.1, -0.05) is 29.8 Å². The summed E-state index contributed by atoms with van der Waals surface area (Å²) < 4.78 is 0. The maximum atomic E-state index is 11.3. The van der Waals surface area contributed by atoms with Crippen molar-refractivity contribution >= 4 is 5.78 Å². The number of carbonyl (C=O) groups excluding carboxylic acids is 1. The lowest BCUT2D eigenvalue weighted by Crippen LogP contribution is -2.13. The molecule has 1 heterocycles. The summed E-state index contributed by atoms with van der Waals surface area (Å²) in [5.74, 6) is 1.85. The number of H-pyrrole nitrogens is 1.